The molecule has 112 valence electrons. The van der Waals surface area contributed by atoms with E-state index in [1.54, 1.807) is 0 Å². The lowest BCUT2D eigenvalue weighted by molar-refractivity contribution is -0.393. The highest BCUT2D eigenvalue weighted by atomic mass is 16.6. The maximum Gasteiger partial charge on any atom is 0.300 e. The number of rotatable bonds is 4. The molecule has 8 nitrogen and oxygen atoms in total. The highest BCUT2D eigenvalue weighted by molar-refractivity contribution is 5.65. The Morgan fingerprint density at radius 3 is 2.14 bits per heavy atom. The number of nitrogens with one attached hydrogen (secondary N) is 1. The molecule has 0 radical (unpaired) electrons. The Morgan fingerprint density at radius 2 is 1.59 bits per heavy atom. The zero-order valence-corrected chi connectivity index (χ0v) is 11.4. The average Bonchev–Trinajstić information content (AvgIpc) is 2.89. The van der Waals surface area contributed by atoms with Crippen LogP contribution >= 0.6 is 0 Å². The smallest absolute Gasteiger partial charge is 0.300 e. The fourth-order valence-electron chi connectivity index (χ4n) is 2.46. The van der Waals surface area contributed by atoms with Gasteiger partial charge in [-0.25, -0.2) is 5.01 Å². The summed E-state index contributed by atoms with van der Waals surface area (Å²) in [6.07, 6.45) is 0. The van der Waals surface area contributed by atoms with Crippen molar-refractivity contribution in [2.24, 2.45) is 0 Å². The minimum Gasteiger partial charge on any atom is -0.312 e. The van der Waals surface area contributed by atoms with E-state index < -0.39 is 9.85 Å². The number of fused-ring (bicyclic) bond motifs is 1. The second kappa shape index (κ2) is 5.41. The molecule has 22 heavy (non-hydrogen) atoms. The van der Waals surface area contributed by atoms with Crippen LogP contribution in [0.15, 0.2) is 42.5 Å². The predicted molar refractivity (Wildman–Crippen MR) is 79.1 cm³/mol. The quantitative estimate of drug-likeness (QED) is 0.688. The lowest BCUT2D eigenvalue weighted by Crippen LogP contribution is -2.24. The molecule has 0 aliphatic carbocycles. The number of hydrazine groups is 1. The van der Waals surface area contributed by atoms with E-state index in [0.717, 1.165) is 17.2 Å². The molecule has 0 fully saturated rings. The van der Waals surface area contributed by atoms with E-state index >= 15 is 0 Å². The Balaban J connectivity index is 1.84. The number of anilines is 1. The van der Waals surface area contributed by atoms with Crippen LogP contribution in [-0.4, -0.2) is 14.9 Å². The van der Waals surface area contributed by atoms with Crippen molar-refractivity contribution in [2.45, 2.75) is 13.1 Å². The molecule has 0 saturated heterocycles. The summed E-state index contributed by atoms with van der Waals surface area (Å²) in [6.45, 7) is 1.23. The topological polar surface area (TPSA) is 102 Å². The first kappa shape index (κ1) is 14.0. The van der Waals surface area contributed by atoms with Gasteiger partial charge in [0.1, 0.15) is 5.69 Å². The minimum atomic E-state index is -0.650. The van der Waals surface area contributed by atoms with Crippen molar-refractivity contribution >= 4 is 17.1 Å². The summed E-state index contributed by atoms with van der Waals surface area (Å²) >= 11 is 0. The third-order valence-corrected chi connectivity index (χ3v) is 3.51. The molecule has 0 bridgehead atoms. The van der Waals surface area contributed by atoms with Gasteiger partial charge in [-0.3, -0.25) is 20.2 Å². The molecule has 3 rings (SSSR count). The van der Waals surface area contributed by atoms with Gasteiger partial charge in [-0.15, -0.1) is 0 Å². The van der Waals surface area contributed by atoms with Crippen LogP contribution in [0.5, 0.6) is 0 Å². The number of nitrogens with zero attached hydrogens (tertiary/aromatic N) is 3. The molecule has 0 unspecified atom stereocenters. The summed E-state index contributed by atoms with van der Waals surface area (Å²) in [5.74, 6) is 0. The van der Waals surface area contributed by atoms with Crippen LogP contribution in [-0.2, 0) is 13.1 Å². The first-order chi connectivity index (χ1) is 10.5. The third-order valence-electron chi connectivity index (χ3n) is 3.51. The summed E-state index contributed by atoms with van der Waals surface area (Å²) in [7, 11) is 0. The van der Waals surface area contributed by atoms with Crippen molar-refractivity contribution in [3.8, 4) is 0 Å². The van der Waals surface area contributed by atoms with Crippen molar-refractivity contribution in [3.05, 3.63) is 73.8 Å². The van der Waals surface area contributed by atoms with Gasteiger partial charge in [0.15, 0.2) is 0 Å². The molecular weight excluding hydrogens is 288 g/mol. The summed E-state index contributed by atoms with van der Waals surface area (Å²) < 4.78 is 0. The van der Waals surface area contributed by atoms with Gasteiger partial charge >= 0.3 is 5.69 Å². The van der Waals surface area contributed by atoms with Crippen LogP contribution in [0.1, 0.15) is 11.1 Å². The fourth-order valence-corrected chi connectivity index (χ4v) is 2.46. The molecule has 1 aliphatic heterocycles. The van der Waals surface area contributed by atoms with Crippen LogP contribution in [0.4, 0.5) is 17.1 Å². The Kier molecular flexibility index (Phi) is 3.43. The fraction of sp³-hybridized carbons (Fsp3) is 0.143. The van der Waals surface area contributed by atoms with E-state index in [0.29, 0.717) is 13.1 Å². The van der Waals surface area contributed by atoms with E-state index in [9.17, 15) is 20.2 Å². The number of benzene rings is 2. The van der Waals surface area contributed by atoms with Crippen molar-refractivity contribution in [1.82, 2.24) is 5.01 Å². The zero-order chi connectivity index (χ0) is 15.7. The summed E-state index contributed by atoms with van der Waals surface area (Å²) in [4.78, 5) is 20.6. The summed E-state index contributed by atoms with van der Waals surface area (Å²) in [5, 5.41) is 23.7. The molecule has 2 aromatic carbocycles. The number of nitro benzene ring substituents is 2. The molecule has 0 spiro atoms. The Labute approximate surface area is 125 Å². The molecular formula is C14H12N4O4. The lowest BCUT2D eigenvalue weighted by atomic mass is 10.1. The van der Waals surface area contributed by atoms with E-state index in [1.165, 1.54) is 12.1 Å². The van der Waals surface area contributed by atoms with Gasteiger partial charge in [0.2, 0.25) is 0 Å². The van der Waals surface area contributed by atoms with Crippen molar-refractivity contribution in [1.29, 1.82) is 0 Å². The van der Waals surface area contributed by atoms with E-state index in [-0.39, 0.29) is 17.1 Å². The van der Waals surface area contributed by atoms with Gasteiger partial charge in [0, 0.05) is 19.2 Å². The highest BCUT2D eigenvalue weighted by Gasteiger charge is 2.23. The van der Waals surface area contributed by atoms with Crippen LogP contribution < -0.4 is 5.43 Å². The van der Waals surface area contributed by atoms with Gasteiger partial charge < -0.3 is 5.43 Å². The first-order valence-electron chi connectivity index (χ1n) is 6.56. The Bertz CT molecular complexity index is 737. The van der Waals surface area contributed by atoms with Gasteiger partial charge in [-0.1, -0.05) is 24.3 Å². The van der Waals surface area contributed by atoms with E-state index in [1.807, 2.05) is 29.3 Å². The predicted octanol–water partition coefficient (Wildman–Crippen LogP) is 2.85. The molecule has 1 N–H and O–H groups in total. The van der Waals surface area contributed by atoms with Crippen LogP contribution in [0, 0.1) is 20.2 Å². The average molecular weight is 300 g/mol. The van der Waals surface area contributed by atoms with E-state index in [4.69, 9.17) is 0 Å². The molecule has 0 saturated carbocycles. The maximum absolute atomic E-state index is 11.1. The normalized spacial score (nSPS) is 13.6. The molecule has 2 aromatic rings. The second-order valence-electron chi connectivity index (χ2n) is 4.95. The van der Waals surface area contributed by atoms with Crippen LogP contribution in [0.25, 0.3) is 0 Å². The Morgan fingerprint density at radius 1 is 0.955 bits per heavy atom. The highest BCUT2D eigenvalue weighted by Crippen LogP contribution is 2.31. The van der Waals surface area contributed by atoms with Crippen molar-refractivity contribution in [2.75, 3.05) is 5.43 Å². The molecule has 1 heterocycles. The third kappa shape index (κ3) is 2.59. The second-order valence-corrected chi connectivity index (χ2v) is 4.95. The molecule has 0 aromatic heterocycles. The largest absolute Gasteiger partial charge is 0.312 e. The van der Waals surface area contributed by atoms with Gasteiger partial charge in [-0.05, 0) is 17.2 Å². The SMILES string of the molecule is O=[N+]([O-])c1ccc(NN2Cc3ccccc3C2)c([N+](=O)[O-])c1. The molecule has 1 aliphatic rings. The summed E-state index contributed by atoms with van der Waals surface area (Å²) in [6, 6.07) is 11.5. The monoisotopic (exact) mass is 300 g/mol. The molecule has 0 amide bonds. The number of nitro groups is 2. The molecule has 0 atom stereocenters. The van der Waals surface area contributed by atoms with Gasteiger partial charge in [0.05, 0.1) is 15.9 Å². The van der Waals surface area contributed by atoms with Gasteiger partial charge in [0.25, 0.3) is 5.69 Å². The number of non-ortho nitro benzene ring substituents is 1. The van der Waals surface area contributed by atoms with Crippen LogP contribution in [0.3, 0.4) is 0 Å². The summed E-state index contributed by atoms with van der Waals surface area (Å²) in [5.41, 5.74) is 4.90. The number of hydrogen-bond donors (Lipinski definition) is 1. The van der Waals surface area contributed by atoms with Crippen LogP contribution in [0.2, 0.25) is 0 Å². The zero-order valence-electron chi connectivity index (χ0n) is 11.4. The first-order valence-corrected chi connectivity index (χ1v) is 6.56. The standard InChI is InChI=1S/C14H12N4O4/c19-17(20)12-5-6-13(14(7-12)18(21)22)15-16-8-10-3-1-2-4-11(10)9-16/h1-7,15H,8-9H2. The van der Waals surface area contributed by atoms with E-state index in [2.05, 4.69) is 5.43 Å². The Hall–Kier alpha value is -3.00. The maximum atomic E-state index is 11.1. The van der Waals surface area contributed by atoms with Crippen molar-refractivity contribution < 1.29 is 9.85 Å². The van der Waals surface area contributed by atoms with Gasteiger partial charge in [-0.2, -0.15) is 0 Å². The number of hydrogen-bond acceptors (Lipinski definition) is 6. The molecule has 8 heteroatoms. The lowest BCUT2D eigenvalue weighted by Gasteiger charge is -2.17. The minimum absolute atomic E-state index is 0.239. The van der Waals surface area contributed by atoms with Crippen molar-refractivity contribution in [3.63, 3.8) is 0 Å².